The highest BCUT2D eigenvalue weighted by Crippen LogP contribution is 2.27. The number of rotatable bonds is 5. The summed E-state index contributed by atoms with van der Waals surface area (Å²) in [5, 5.41) is 13.5. The average molecular weight is 296 g/mol. The highest BCUT2D eigenvalue weighted by Gasteiger charge is 2.12. The third-order valence-corrected chi connectivity index (χ3v) is 3.25. The first-order valence-corrected chi connectivity index (χ1v) is 6.49. The van der Waals surface area contributed by atoms with Crippen LogP contribution in [0.15, 0.2) is 42.5 Å². The lowest BCUT2D eigenvalue weighted by molar-refractivity contribution is 0.186. The van der Waals surface area contributed by atoms with Gasteiger partial charge in [-0.3, -0.25) is 0 Å². The molecule has 0 saturated heterocycles. The lowest BCUT2D eigenvalue weighted by Crippen LogP contribution is -2.13. The summed E-state index contributed by atoms with van der Waals surface area (Å²) in [6.07, 6.45) is -0.960. The van der Waals surface area contributed by atoms with Crippen LogP contribution < -0.4 is 10.1 Å². The standard InChI is InChI=1S/C15H15ClFNO2/c1-20-10-6-7-12(16)14(8-10)18-9-15(19)11-4-2-3-5-13(11)17/h2-8,15,18-19H,9H2,1H3. The van der Waals surface area contributed by atoms with E-state index in [-0.39, 0.29) is 12.1 Å². The number of aliphatic hydroxyl groups is 1. The first kappa shape index (κ1) is 14.6. The summed E-state index contributed by atoms with van der Waals surface area (Å²) in [6.45, 7) is 0.147. The molecular weight excluding hydrogens is 281 g/mol. The maximum absolute atomic E-state index is 13.5. The van der Waals surface area contributed by atoms with Gasteiger partial charge < -0.3 is 15.2 Å². The van der Waals surface area contributed by atoms with E-state index in [1.165, 1.54) is 6.07 Å². The summed E-state index contributed by atoms with van der Waals surface area (Å²) in [4.78, 5) is 0. The molecule has 2 aromatic rings. The van der Waals surface area contributed by atoms with Crippen molar-refractivity contribution in [3.63, 3.8) is 0 Å². The third-order valence-electron chi connectivity index (χ3n) is 2.92. The second kappa shape index (κ2) is 6.59. The van der Waals surface area contributed by atoms with Crippen molar-refractivity contribution >= 4 is 17.3 Å². The van der Waals surface area contributed by atoms with E-state index in [0.717, 1.165) is 0 Å². The molecule has 106 valence electrons. The van der Waals surface area contributed by atoms with E-state index in [1.54, 1.807) is 43.5 Å². The Morgan fingerprint density at radius 1 is 1.30 bits per heavy atom. The Hall–Kier alpha value is -1.78. The molecule has 0 aliphatic carbocycles. The minimum Gasteiger partial charge on any atom is -0.497 e. The van der Waals surface area contributed by atoms with Crippen LogP contribution in [0.3, 0.4) is 0 Å². The fourth-order valence-corrected chi connectivity index (χ4v) is 2.01. The zero-order valence-electron chi connectivity index (χ0n) is 10.9. The molecule has 0 fully saturated rings. The lowest BCUT2D eigenvalue weighted by Gasteiger charge is -2.15. The molecule has 0 amide bonds. The van der Waals surface area contributed by atoms with Crippen LogP contribution in [0.2, 0.25) is 5.02 Å². The number of aliphatic hydroxyl groups excluding tert-OH is 1. The zero-order valence-corrected chi connectivity index (χ0v) is 11.7. The molecular formula is C15H15ClFNO2. The summed E-state index contributed by atoms with van der Waals surface area (Å²) >= 11 is 6.04. The number of methoxy groups -OCH3 is 1. The monoisotopic (exact) mass is 295 g/mol. The second-order valence-electron chi connectivity index (χ2n) is 4.26. The van der Waals surface area contributed by atoms with Crippen molar-refractivity contribution < 1.29 is 14.2 Å². The molecule has 0 heterocycles. The van der Waals surface area contributed by atoms with E-state index < -0.39 is 11.9 Å². The van der Waals surface area contributed by atoms with Crippen molar-refractivity contribution in [2.45, 2.75) is 6.10 Å². The number of nitrogens with one attached hydrogen (secondary N) is 1. The Balaban J connectivity index is 2.07. The van der Waals surface area contributed by atoms with Crippen LogP contribution in [0.5, 0.6) is 5.75 Å². The number of benzene rings is 2. The summed E-state index contributed by atoms with van der Waals surface area (Å²) < 4.78 is 18.6. The Morgan fingerprint density at radius 3 is 2.75 bits per heavy atom. The number of halogens is 2. The molecule has 3 nitrogen and oxygen atoms in total. The first-order valence-electron chi connectivity index (χ1n) is 6.11. The van der Waals surface area contributed by atoms with Crippen molar-refractivity contribution in [1.82, 2.24) is 0 Å². The van der Waals surface area contributed by atoms with E-state index in [1.807, 2.05) is 0 Å². The predicted octanol–water partition coefficient (Wildman–Crippen LogP) is 3.63. The normalized spacial score (nSPS) is 12.0. The molecule has 0 bridgehead atoms. The summed E-state index contributed by atoms with van der Waals surface area (Å²) in [5.74, 6) is 0.218. The van der Waals surface area contributed by atoms with Gasteiger partial charge in [0.1, 0.15) is 11.6 Å². The highest BCUT2D eigenvalue weighted by atomic mass is 35.5. The molecule has 5 heteroatoms. The SMILES string of the molecule is COc1ccc(Cl)c(NCC(O)c2ccccc2F)c1. The molecule has 20 heavy (non-hydrogen) atoms. The van der Waals surface area contributed by atoms with Crippen LogP contribution in [-0.4, -0.2) is 18.8 Å². The zero-order chi connectivity index (χ0) is 14.5. The van der Waals surface area contributed by atoms with Gasteiger partial charge in [0.05, 0.1) is 23.9 Å². The summed E-state index contributed by atoms with van der Waals surface area (Å²) in [7, 11) is 1.56. The van der Waals surface area contributed by atoms with E-state index in [4.69, 9.17) is 16.3 Å². The van der Waals surface area contributed by atoms with E-state index >= 15 is 0 Å². The van der Waals surface area contributed by atoms with Crippen LogP contribution >= 0.6 is 11.6 Å². The molecule has 0 aliphatic rings. The Bertz CT molecular complexity index is 592. The van der Waals surface area contributed by atoms with E-state index in [2.05, 4.69) is 5.32 Å². The molecule has 2 N–H and O–H groups in total. The van der Waals surface area contributed by atoms with Crippen molar-refractivity contribution in [1.29, 1.82) is 0 Å². The Morgan fingerprint density at radius 2 is 2.05 bits per heavy atom. The fourth-order valence-electron chi connectivity index (χ4n) is 1.83. The fraction of sp³-hybridized carbons (Fsp3) is 0.200. The number of anilines is 1. The van der Waals surface area contributed by atoms with E-state index in [9.17, 15) is 9.50 Å². The smallest absolute Gasteiger partial charge is 0.129 e. The van der Waals surface area contributed by atoms with Gasteiger partial charge in [0.25, 0.3) is 0 Å². The van der Waals surface area contributed by atoms with Crippen molar-refractivity contribution in [2.24, 2.45) is 0 Å². The molecule has 0 spiro atoms. The predicted molar refractivity (Wildman–Crippen MR) is 77.9 cm³/mol. The van der Waals surface area contributed by atoms with Gasteiger partial charge in [-0.25, -0.2) is 4.39 Å². The lowest BCUT2D eigenvalue weighted by atomic mass is 10.1. The van der Waals surface area contributed by atoms with Gasteiger partial charge >= 0.3 is 0 Å². The molecule has 1 atom stereocenters. The summed E-state index contributed by atoms with van der Waals surface area (Å²) in [5.41, 5.74) is 0.875. The van der Waals surface area contributed by atoms with E-state index in [0.29, 0.717) is 16.5 Å². The van der Waals surface area contributed by atoms with Gasteiger partial charge in [-0.2, -0.15) is 0 Å². The third kappa shape index (κ3) is 3.40. The maximum atomic E-state index is 13.5. The van der Waals surface area contributed by atoms with Gasteiger partial charge in [0.15, 0.2) is 0 Å². The molecule has 0 saturated carbocycles. The highest BCUT2D eigenvalue weighted by molar-refractivity contribution is 6.33. The minimum absolute atomic E-state index is 0.147. The average Bonchev–Trinajstić information content (AvgIpc) is 2.46. The molecule has 0 aromatic heterocycles. The molecule has 0 radical (unpaired) electrons. The summed E-state index contributed by atoms with van der Waals surface area (Å²) in [6, 6.07) is 11.3. The first-order chi connectivity index (χ1) is 9.61. The minimum atomic E-state index is -0.960. The molecule has 0 aliphatic heterocycles. The number of hydrogen-bond acceptors (Lipinski definition) is 3. The largest absolute Gasteiger partial charge is 0.497 e. The van der Waals surface area contributed by atoms with Crippen LogP contribution in [0.25, 0.3) is 0 Å². The number of hydrogen-bond donors (Lipinski definition) is 2. The molecule has 2 aromatic carbocycles. The van der Waals surface area contributed by atoms with Crippen molar-refractivity contribution in [2.75, 3.05) is 19.0 Å². The van der Waals surface area contributed by atoms with Gasteiger partial charge in [-0.05, 0) is 18.2 Å². The van der Waals surface area contributed by atoms with Gasteiger partial charge in [0, 0.05) is 18.2 Å². The van der Waals surface area contributed by atoms with Crippen LogP contribution in [0.1, 0.15) is 11.7 Å². The van der Waals surface area contributed by atoms with Crippen molar-refractivity contribution in [3.8, 4) is 5.75 Å². The Kier molecular flexibility index (Phi) is 4.82. The van der Waals surface area contributed by atoms with Gasteiger partial charge in [-0.15, -0.1) is 0 Å². The van der Waals surface area contributed by atoms with Gasteiger partial charge in [-0.1, -0.05) is 29.8 Å². The number of ether oxygens (including phenoxy) is 1. The van der Waals surface area contributed by atoms with Crippen molar-refractivity contribution in [3.05, 3.63) is 58.9 Å². The van der Waals surface area contributed by atoms with Crippen LogP contribution in [-0.2, 0) is 0 Å². The second-order valence-corrected chi connectivity index (χ2v) is 4.67. The quantitative estimate of drug-likeness (QED) is 0.885. The van der Waals surface area contributed by atoms with Crippen LogP contribution in [0.4, 0.5) is 10.1 Å². The Labute approximate surface area is 122 Å². The topological polar surface area (TPSA) is 41.5 Å². The van der Waals surface area contributed by atoms with Crippen LogP contribution in [0, 0.1) is 5.82 Å². The molecule has 2 rings (SSSR count). The van der Waals surface area contributed by atoms with Gasteiger partial charge in [0.2, 0.25) is 0 Å². The molecule has 1 unspecified atom stereocenters. The maximum Gasteiger partial charge on any atom is 0.129 e.